The number of carbonyl (C=O) groups is 3. The third-order valence-electron chi connectivity index (χ3n) is 5.25. The summed E-state index contributed by atoms with van der Waals surface area (Å²) >= 11 is 0. The molecule has 1 heterocycles. The maximum absolute atomic E-state index is 12.7. The Kier molecular flexibility index (Phi) is 6.65. The quantitative estimate of drug-likeness (QED) is 0.726. The second-order valence-electron chi connectivity index (χ2n) is 7.18. The van der Waals surface area contributed by atoms with Crippen LogP contribution in [0, 0.1) is 12.8 Å². The van der Waals surface area contributed by atoms with Crippen molar-refractivity contribution in [2.45, 2.75) is 26.4 Å². The molecule has 2 aromatic rings. The summed E-state index contributed by atoms with van der Waals surface area (Å²) < 4.78 is 10.1. The Hall–Kier alpha value is -3.15. The van der Waals surface area contributed by atoms with Gasteiger partial charge in [0.05, 0.1) is 18.6 Å². The van der Waals surface area contributed by atoms with Crippen molar-refractivity contribution in [1.29, 1.82) is 0 Å². The SMILES string of the molecule is COC(=O)c1ccc(COC(=O)C2CCN(C(=O)c3ccccc3C)CC2)cc1. The minimum atomic E-state index is -0.402. The van der Waals surface area contributed by atoms with E-state index in [1.165, 1.54) is 7.11 Å². The van der Waals surface area contributed by atoms with Crippen LogP contribution >= 0.6 is 0 Å². The molecular weight excluding hydrogens is 370 g/mol. The molecule has 3 rings (SSSR count). The van der Waals surface area contributed by atoms with Crippen molar-refractivity contribution in [3.05, 3.63) is 70.8 Å². The normalized spacial score (nSPS) is 14.3. The Bertz CT molecular complexity index is 882. The van der Waals surface area contributed by atoms with E-state index in [9.17, 15) is 14.4 Å². The molecule has 6 heteroatoms. The summed E-state index contributed by atoms with van der Waals surface area (Å²) in [6.45, 7) is 3.17. The van der Waals surface area contributed by atoms with Gasteiger partial charge in [0.1, 0.15) is 6.61 Å². The first-order valence-electron chi connectivity index (χ1n) is 9.68. The van der Waals surface area contributed by atoms with Crippen molar-refractivity contribution in [2.75, 3.05) is 20.2 Å². The number of nitrogens with zero attached hydrogens (tertiary/aromatic N) is 1. The van der Waals surface area contributed by atoms with E-state index in [0.717, 1.165) is 11.1 Å². The van der Waals surface area contributed by atoms with E-state index in [-0.39, 0.29) is 24.4 Å². The predicted molar refractivity (Wildman–Crippen MR) is 107 cm³/mol. The smallest absolute Gasteiger partial charge is 0.337 e. The Balaban J connectivity index is 1.48. The maximum atomic E-state index is 12.7. The number of piperidine rings is 1. The molecule has 0 unspecified atom stereocenters. The van der Waals surface area contributed by atoms with Crippen LogP contribution in [-0.4, -0.2) is 42.9 Å². The van der Waals surface area contributed by atoms with Crippen LogP contribution in [0.5, 0.6) is 0 Å². The molecule has 1 aliphatic rings. The van der Waals surface area contributed by atoms with Gasteiger partial charge in [-0.3, -0.25) is 9.59 Å². The first kappa shape index (κ1) is 20.6. The number of rotatable bonds is 5. The standard InChI is InChI=1S/C23H25NO5/c1-16-5-3-4-6-20(16)21(25)24-13-11-19(12-14-24)23(27)29-15-17-7-9-18(10-8-17)22(26)28-2/h3-10,19H,11-15H2,1-2H3. The molecule has 0 spiro atoms. The van der Waals surface area contributed by atoms with Gasteiger partial charge in [-0.1, -0.05) is 30.3 Å². The summed E-state index contributed by atoms with van der Waals surface area (Å²) in [5.74, 6) is -0.837. The molecule has 0 aromatic heterocycles. The summed E-state index contributed by atoms with van der Waals surface area (Å²) in [4.78, 5) is 38.3. The molecule has 1 fully saturated rings. The highest BCUT2D eigenvalue weighted by Crippen LogP contribution is 2.22. The molecule has 152 valence electrons. The molecule has 0 radical (unpaired) electrons. The first-order valence-corrected chi connectivity index (χ1v) is 9.68. The van der Waals surface area contributed by atoms with Crippen molar-refractivity contribution < 1.29 is 23.9 Å². The first-order chi connectivity index (χ1) is 14.0. The molecule has 0 bridgehead atoms. The highest BCUT2D eigenvalue weighted by molar-refractivity contribution is 5.95. The van der Waals surface area contributed by atoms with Gasteiger partial charge in [0.15, 0.2) is 0 Å². The van der Waals surface area contributed by atoms with Crippen LogP contribution in [0.25, 0.3) is 0 Å². The fourth-order valence-corrected chi connectivity index (χ4v) is 3.43. The van der Waals surface area contributed by atoms with Crippen LogP contribution in [0.4, 0.5) is 0 Å². The van der Waals surface area contributed by atoms with Crippen molar-refractivity contribution >= 4 is 17.8 Å². The third kappa shape index (κ3) is 5.02. The van der Waals surface area contributed by atoms with Crippen LogP contribution in [0.1, 0.15) is 44.7 Å². The Morgan fingerprint density at radius 3 is 2.28 bits per heavy atom. The molecule has 0 atom stereocenters. The molecule has 1 aliphatic heterocycles. The maximum Gasteiger partial charge on any atom is 0.337 e. The largest absolute Gasteiger partial charge is 0.465 e. The van der Waals surface area contributed by atoms with E-state index in [0.29, 0.717) is 37.1 Å². The molecule has 6 nitrogen and oxygen atoms in total. The molecule has 2 aromatic carbocycles. The number of esters is 2. The van der Waals surface area contributed by atoms with Crippen molar-refractivity contribution in [3.8, 4) is 0 Å². The zero-order valence-corrected chi connectivity index (χ0v) is 16.7. The molecule has 0 aliphatic carbocycles. The van der Waals surface area contributed by atoms with Crippen LogP contribution in [0.2, 0.25) is 0 Å². The second-order valence-corrected chi connectivity index (χ2v) is 7.18. The lowest BCUT2D eigenvalue weighted by molar-refractivity contribution is -0.151. The topological polar surface area (TPSA) is 72.9 Å². The van der Waals surface area contributed by atoms with E-state index in [1.54, 1.807) is 29.2 Å². The predicted octanol–water partition coefficient (Wildman–Crippen LogP) is 3.38. The van der Waals surface area contributed by atoms with Gasteiger partial charge in [0.2, 0.25) is 0 Å². The average Bonchev–Trinajstić information content (AvgIpc) is 2.77. The monoisotopic (exact) mass is 395 g/mol. The van der Waals surface area contributed by atoms with E-state index in [2.05, 4.69) is 4.74 Å². The van der Waals surface area contributed by atoms with Gasteiger partial charge in [-0.2, -0.15) is 0 Å². The second kappa shape index (κ2) is 9.37. The fourth-order valence-electron chi connectivity index (χ4n) is 3.43. The van der Waals surface area contributed by atoms with Gasteiger partial charge in [0, 0.05) is 18.7 Å². The fraction of sp³-hybridized carbons (Fsp3) is 0.348. The van der Waals surface area contributed by atoms with Gasteiger partial charge in [-0.05, 0) is 49.1 Å². The number of likely N-dealkylation sites (tertiary alicyclic amines) is 1. The van der Waals surface area contributed by atoms with Crippen LogP contribution in [0.3, 0.4) is 0 Å². The Morgan fingerprint density at radius 1 is 1.00 bits per heavy atom. The van der Waals surface area contributed by atoms with E-state index < -0.39 is 5.97 Å². The number of hydrogen-bond donors (Lipinski definition) is 0. The lowest BCUT2D eigenvalue weighted by atomic mass is 9.96. The van der Waals surface area contributed by atoms with E-state index in [1.807, 2.05) is 31.2 Å². The molecular formula is C23H25NO5. The van der Waals surface area contributed by atoms with E-state index >= 15 is 0 Å². The number of hydrogen-bond acceptors (Lipinski definition) is 5. The van der Waals surface area contributed by atoms with Gasteiger partial charge in [-0.15, -0.1) is 0 Å². The molecule has 0 N–H and O–H groups in total. The van der Waals surface area contributed by atoms with Crippen LogP contribution < -0.4 is 0 Å². The summed E-state index contributed by atoms with van der Waals surface area (Å²) in [7, 11) is 1.33. The van der Waals surface area contributed by atoms with Crippen LogP contribution in [-0.2, 0) is 20.9 Å². The highest BCUT2D eigenvalue weighted by Gasteiger charge is 2.29. The Labute approximate surface area is 170 Å². The van der Waals surface area contributed by atoms with Gasteiger partial charge < -0.3 is 14.4 Å². The summed E-state index contributed by atoms with van der Waals surface area (Å²) in [6, 6.07) is 14.3. The number of carbonyl (C=O) groups excluding carboxylic acids is 3. The van der Waals surface area contributed by atoms with Crippen molar-refractivity contribution in [1.82, 2.24) is 4.90 Å². The highest BCUT2D eigenvalue weighted by atomic mass is 16.5. The van der Waals surface area contributed by atoms with Crippen molar-refractivity contribution in [2.24, 2.45) is 5.92 Å². The molecule has 0 saturated carbocycles. The summed E-state index contributed by atoms with van der Waals surface area (Å²) in [5.41, 5.74) is 2.92. The van der Waals surface area contributed by atoms with Gasteiger partial charge in [-0.25, -0.2) is 4.79 Å². The summed E-state index contributed by atoms with van der Waals surface area (Å²) in [5, 5.41) is 0. The van der Waals surface area contributed by atoms with Crippen molar-refractivity contribution in [3.63, 3.8) is 0 Å². The number of benzene rings is 2. The third-order valence-corrected chi connectivity index (χ3v) is 5.25. The minimum absolute atomic E-state index is 0.0145. The molecule has 1 saturated heterocycles. The number of amides is 1. The lowest BCUT2D eigenvalue weighted by Gasteiger charge is -2.31. The summed E-state index contributed by atoms with van der Waals surface area (Å²) in [6.07, 6.45) is 1.19. The lowest BCUT2D eigenvalue weighted by Crippen LogP contribution is -2.40. The van der Waals surface area contributed by atoms with Gasteiger partial charge in [0.25, 0.3) is 5.91 Å². The van der Waals surface area contributed by atoms with Gasteiger partial charge >= 0.3 is 11.9 Å². The van der Waals surface area contributed by atoms with E-state index in [4.69, 9.17) is 4.74 Å². The average molecular weight is 395 g/mol. The molecule has 1 amide bonds. The zero-order valence-electron chi connectivity index (χ0n) is 16.7. The zero-order chi connectivity index (χ0) is 20.8. The van der Waals surface area contributed by atoms with Crippen LogP contribution in [0.15, 0.2) is 48.5 Å². The molecule has 29 heavy (non-hydrogen) atoms. The number of methoxy groups -OCH3 is 1. The number of ether oxygens (including phenoxy) is 2. The minimum Gasteiger partial charge on any atom is -0.465 e. The number of aryl methyl sites for hydroxylation is 1. The Morgan fingerprint density at radius 2 is 1.66 bits per heavy atom.